The van der Waals surface area contributed by atoms with Crippen LogP contribution in [0.4, 0.5) is 10.7 Å². The van der Waals surface area contributed by atoms with E-state index in [1.165, 1.54) is 4.90 Å². The number of hydrogen-bond donors (Lipinski definition) is 2. The number of nitrogens with one attached hydrogen (secondary N) is 1. The smallest absolute Gasteiger partial charge is 0.407 e. The summed E-state index contributed by atoms with van der Waals surface area (Å²) in [6.07, 6.45) is 5.48. The molecule has 2 amide bonds. The first kappa shape index (κ1) is 26.9. The summed E-state index contributed by atoms with van der Waals surface area (Å²) >= 11 is 6.51. The highest BCUT2D eigenvalue weighted by Crippen LogP contribution is 2.30. The van der Waals surface area contributed by atoms with Gasteiger partial charge in [0.15, 0.2) is 0 Å². The van der Waals surface area contributed by atoms with E-state index >= 15 is 0 Å². The average Bonchev–Trinajstić information content (AvgIpc) is 2.98. The van der Waals surface area contributed by atoms with Crippen molar-refractivity contribution in [1.29, 1.82) is 0 Å². The number of carbonyl (C=O) groups is 2. The molecule has 8 nitrogen and oxygen atoms in total. The van der Waals surface area contributed by atoms with E-state index in [9.17, 15) is 9.59 Å². The molecule has 0 radical (unpaired) electrons. The lowest BCUT2D eigenvalue weighted by Gasteiger charge is -2.33. The summed E-state index contributed by atoms with van der Waals surface area (Å²) in [6, 6.07) is 18.6. The summed E-state index contributed by atoms with van der Waals surface area (Å²) in [5.41, 5.74) is 3.85. The van der Waals surface area contributed by atoms with Gasteiger partial charge in [-0.3, -0.25) is 4.79 Å². The van der Waals surface area contributed by atoms with E-state index in [0.29, 0.717) is 55.2 Å². The predicted molar refractivity (Wildman–Crippen MR) is 153 cm³/mol. The van der Waals surface area contributed by atoms with Gasteiger partial charge in [0.05, 0.1) is 16.9 Å². The number of piperidine rings is 2. The Morgan fingerprint density at radius 3 is 2.28 bits per heavy atom. The van der Waals surface area contributed by atoms with Crippen LogP contribution in [0.25, 0.3) is 22.4 Å². The molecule has 3 aromatic rings. The zero-order chi connectivity index (χ0) is 27.2. The number of amides is 2. The van der Waals surface area contributed by atoms with Crippen LogP contribution in [0.1, 0.15) is 38.5 Å². The number of benzene rings is 2. The molecule has 3 heterocycles. The SMILES string of the molecule is O=C(O)N1CCC(CCC(=O)N2CCC(Nc3ncc(Cl)c(-c4cccc(-c5ccccc5)c4)n3)CC2)CC1. The maximum absolute atomic E-state index is 12.8. The van der Waals surface area contributed by atoms with Crippen molar-refractivity contribution in [2.75, 3.05) is 31.5 Å². The number of anilines is 1. The summed E-state index contributed by atoms with van der Waals surface area (Å²) in [4.78, 5) is 36.5. The summed E-state index contributed by atoms with van der Waals surface area (Å²) in [5.74, 6) is 1.16. The van der Waals surface area contributed by atoms with Crippen molar-refractivity contribution in [1.82, 2.24) is 19.8 Å². The second-order valence-corrected chi connectivity index (χ2v) is 10.8. The number of likely N-dealkylation sites (tertiary alicyclic amines) is 2. The molecule has 2 aliphatic heterocycles. The fraction of sp³-hybridized carbons (Fsp3) is 0.400. The molecule has 2 saturated heterocycles. The Bertz CT molecular complexity index is 1290. The molecule has 2 aliphatic rings. The van der Waals surface area contributed by atoms with Crippen LogP contribution in [-0.2, 0) is 4.79 Å². The van der Waals surface area contributed by atoms with Crippen LogP contribution >= 0.6 is 11.6 Å². The van der Waals surface area contributed by atoms with Gasteiger partial charge in [0, 0.05) is 44.2 Å². The molecule has 0 unspecified atom stereocenters. The lowest BCUT2D eigenvalue weighted by Crippen LogP contribution is -2.43. The van der Waals surface area contributed by atoms with Crippen molar-refractivity contribution in [3.05, 3.63) is 65.8 Å². The van der Waals surface area contributed by atoms with Crippen molar-refractivity contribution < 1.29 is 14.7 Å². The number of rotatable bonds is 7. The molecular formula is C30H34ClN5O3. The van der Waals surface area contributed by atoms with Gasteiger partial charge in [-0.1, -0.05) is 60.1 Å². The molecule has 5 rings (SSSR count). The van der Waals surface area contributed by atoms with E-state index in [-0.39, 0.29) is 11.9 Å². The van der Waals surface area contributed by atoms with Gasteiger partial charge in [0.25, 0.3) is 0 Å². The maximum atomic E-state index is 12.8. The molecule has 204 valence electrons. The lowest BCUT2D eigenvalue weighted by atomic mass is 9.92. The maximum Gasteiger partial charge on any atom is 0.407 e. The Kier molecular flexibility index (Phi) is 8.61. The minimum atomic E-state index is -0.849. The highest BCUT2D eigenvalue weighted by Gasteiger charge is 2.26. The van der Waals surface area contributed by atoms with E-state index in [2.05, 4.69) is 34.6 Å². The highest BCUT2D eigenvalue weighted by molar-refractivity contribution is 6.32. The zero-order valence-electron chi connectivity index (χ0n) is 21.9. The molecule has 39 heavy (non-hydrogen) atoms. The Hall–Kier alpha value is -3.65. The third kappa shape index (κ3) is 6.87. The quantitative estimate of drug-likeness (QED) is 0.374. The summed E-state index contributed by atoms with van der Waals surface area (Å²) in [5, 5.41) is 13.1. The van der Waals surface area contributed by atoms with Crippen LogP contribution in [0, 0.1) is 5.92 Å². The first-order valence-corrected chi connectivity index (χ1v) is 14.0. The van der Waals surface area contributed by atoms with Crippen molar-refractivity contribution in [3.63, 3.8) is 0 Å². The van der Waals surface area contributed by atoms with Gasteiger partial charge < -0.3 is 20.2 Å². The van der Waals surface area contributed by atoms with Gasteiger partial charge in [-0.05, 0) is 55.2 Å². The first-order valence-electron chi connectivity index (χ1n) is 13.7. The van der Waals surface area contributed by atoms with Crippen LogP contribution in [0.3, 0.4) is 0 Å². The van der Waals surface area contributed by atoms with Crippen molar-refractivity contribution in [2.24, 2.45) is 5.92 Å². The molecule has 0 aliphatic carbocycles. The number of hydrogen-bond acceptors (Lipinski definition) is 5. The number of carboxylic acid groups (broad SMARTS) is 1. The Morgan fingerprint density at radius 1 is 0.897 bits per heavy atom. The van der Waals surface area contributed by atoms with E-state index in [1.54, 1.807) is 6.20 Å². The van der Waals surface area contributed by atoms with Crippen molar-refractivity contribution in [2.45, 2.75) is 44.6 Å². The van der Waals surface area contributed by atoms with E-state index in [1.807, 2.05) is 35.2 Å². The Balaban J connectivity index is 1.13. The first-order chi connectivity index (χ1) is 19.0. The van der Waals surface area contributed by atoms with E-state index < -0.39 is 6.09 Å². The van der Waals surface area contributed by atoms with Gasteiger partial charge >= 0.3 is 6.09 Å². The predicted octanol–water partition coefficient (Wildman–Crippen LogP) is 6.04. The summed E-state index contributed by atoms with van der Waals surface area (Å²) in [7, 11) is 0. The Labute approximate surface area is 234 Å². The number of nitrogens with zero attached hydrogens (tertiary/aromatic N) is 4. The van der Waals surface area contributed by atoms with Crippen molar-refractivity contribution in [3.8, 4) is 22.4 Å². The molecule has 1 aromatic heterocycles. The molecular weight excluding hydrogens is 514 g/mol. The molecule has 2 aromatic carbocycles. The topological polar surface area (TPSA) is 98.7 Å². The van der Waals surface area contributed by atoms with E-state index in [4.69, 9.17) is 21.7 Å². The highest BCUT2D eigenvalue weighted by atomic mass is 35.5. The van der Waals surface area contributed by atoms with Gasteiger partial charge in [-0.15, -0.1) is 0 Å². The number of carbonyl (C=O) groups excluding carboxylic acids is 1. The molecule has 9 heteroatoms. The third-order valence-electron chi connectivity index (χ3n) is 7.82. The largest absolute Gasteiger partial charge is 0.465 e. The van der Waals surface area contributed by atoms with Gasteiger partial charge in [-0.25, -0.2) is 14.8 Å². The fourth-order valence-electron chi connectivity index (χ4n) is 5.47. The van der Waals surface area contributed by atoms with Crippen LogP contribution in [0.2, 0.25) is 5.02 Å². The molecule has 2 fully saturated rings. The van der Waals surface area contributed by atoms with Crippen molar-refractivity contribution >= 4 is 29.5 Å². The molecule has 0 atom stereocenters. The summed E-state index contributed by atoms with van der Waals surface area (Å²) in [6.45, 7) is 2.54. The van der Waals surface area contributed by atoms with Gasteiger partial charge in [0.2, 0.25) is 11.9 Å². The van der Waals surface area contributed by atoms with E-state index in [0.717, 1.165) is 48.8 Å². The van der Waals surface area contributed by atoms with Gasteiger partial charge in [-0.2, -0.15) is 0 Å². The fourth-order valence-corrected chi connectivity index (χ4v) is 5.67. The number of aromatic nitrogens is 2. The minimum absolute atomic E-state index is 0.180. The zero-order valence-corrected chi connectivity index (χ0v) is 22.7. The average molecular weight is 548 g/mol. The monoisotopic (exact) mass is 547 g/mol. The van der Waals surface area contributed by atoms with Crippen LogP contribution in [-0.4, -0.2) is 69.1 Å². The van der Waals surface area contributed by atoms with Crippen LogP contribution in [0.5, 0.6) is 0 Å². The standard InChI is InChI=1S/C30H34ClN5O3/c31-26-20-32-29(34-28(26)24-8-4-7-23(19-24)22-5-2-1-3-6-22)33-25-13-17-35(18-14-25)27(37)10-9-21-11-15-36(16-12-21)30(38)39/h1-8,19-21,25H,9-18H2,(H,38,39)(H,32,33,34). The normalized spacial score (nSPS) is 16.7. The Morgan fingerprint density at radius 2 is 1.56 bits per heavy atom. The lowest BCUT2D eigenvalue weighted by molar-refractivity contribution is -0.132. The molecule has 0 spiro atoms. The third-order valence-corrected chi connectivity index (χ3v) is 8.10. The molecule has 0 bridgehead atoms. The summed E-state index contributed by atoms with van der Waals surface area (Å²) < 4.78 is 0. The second kappa shape index (κ2) is 12.5. The minimum Gasteiger partial charge on any atom is -0.465 e. The van der Waals surface area contributed by atoms with Crippen LogP contribution in [0.15, 0.2) is 60.8 Å². The number of halogens is 1. The second-order valence-electron chi connectivity index (χ2n) is 10.4. The molecule has 0 saturated carbocycles. The van der Waals surface area contributed by atoms with Gasteiger partial charge in [0.1, 0.15) is 0 Å². The molecule has 2 N–H and O–H groups in total. The van der Waals surface area contributed by atoms with Crippen LogP contribution < -0.4 is 5.32 Å².